The van der Waals surface area contributed by atoms with Crippen LogP contribution in [-0.4, -0.2) is 26.3 Å². The molecule has 1 atom stereocenters. The number of hydrogen-bond acceptors (Lipinski definition) is 5. The minimum absolute atomic E-state index is 0.0871. The largest absolute Gasteiger partial charge is 0.368 e. The van der Waals surface area contributed by atoms with Crippen molar-refractivity contribution < 1.29 is 4.79 Å². The molecule has 0 bridgehead atoms. The first-order chi connectivity index (χ1) is 7.34. The van der Waals surface area contributed by atoms with E-state index in [-0.39, 0.29) is 5.82 Å². The number of hydrogen-bond donors (Lipinski definition) is 2. The van der Waals surface area contributed by atoms with Gasteiger partial charge in [0.1, 0.15) is 6.04 Å². The second-order valence-corrected chi connectivity index (χ2v) is 3.39. The maximum absolute atomic E-state index is 11.6. The van der Waals surface area contributed by atoms with Gasteiger partial charge in [-0.05, 0) is 6.92 Å². The molecule has 0 saturated carbocycles. The number of nitrogens with one attached hydrogen (secondary N) is 1. The van der Waals surface area contributed by atoms with Gasteiger partial charge in [-0.15, -0.1) is 5.10 Å². The van der Waals surface area contributed by atoms with Gasteiger partial charge in [-0.1, -0.05) is 0 Å². The van der Waals surface area contributed by atoms with E-state index in [4.69, 9.17) is 5.73 Å². The molecule has 1 rings (SSSR count). The standard InChI is InChI=1S/C8H13N5O3/c1-4(5(9)14)10-6-7(15)12(2)8(16)13(3)11-6/h4H,1-3H3,(H2,9,14)(H,10,11). The van der Waals surface area contributed by atoms with Crippen molar-refractivity contribution in [3.05, 3.63) is 20.8 Å². The molecule has 88 valence electrons. The lowest BCUT2D eigenvalue weighted by Crippen LogP contribution is -2.42. The molecule has 0 saturated heterocycles. The lowest BCUT2D eigenvalue weighted by molar-refractivity contribution is -0.118. The van der Waals surface area contributed by atoms with E-state index < -0.39 is 23.2 Å². The highest BCUT2D eigenvalue weighted by molar-refractivity contribution is 5.81. The number of primary amides is 1. The first-order valence-corrected chi connectivity index (χ1v) is 4.54. The molecule has 1 aromatic heterocycles. The van der Waals surface area contributed by atoms with Crippen LogP contribution < -0.4 is 22.3 Å². The molecule has 0 aliphatic carbocycles. The van der Waals surface area contributed by atoms with Gasteiger partial charge < -0.3 is 11.1 Å². The summed E-state index contributed by atoms with van der Waals surface area (Å²) in [5.41, 5.74) is 3.89. The Labute approximate surface area is 90.7 Å². The SMILES string of the molecule is CC(Nc1nn(C)c(=O)n(C)c1=O)C(N)=O. The molecule has 8 heteroatoms. The first kappa shape index (κ1) is 12.0. The maximum Gasteiger partial charge on any atom is 0.346 e. The summed E-state index contributed by atoms with van der Waals surface area (Å²) in [7, 11) is 2.73. The summed E-state index contributed by atoms with van der Waals surface area (Å²) in [6, 6.07) is -0.738. The van der Waals surface area contributed by atoms with Gasteiger partial charge in [-0.25, -0.2) is 9.48 Å². The number of carbonyl (C=O) groups is 1. The van der Waals surface area contributed by atoms with Crippen LogP contribution in [0.1, 0.15) is 6.92 Å². The summed E-state index contributed by atoms with van der Waals surface area (Å²) < 4.78 is 1.89. The highest BCUT2D eigenvalue weighted by Gasteiger charge is 2.14. The quantitative estimate of drug-likeness (QED) is 0.606. The van der Waals surface area contributed by atoms with Crippen LogP contribution in [0.25, 0.3) is 0 Å². The highest BCUT2D eigenvalue weighted by Crippen LogP contribution is 1.93. The van der Waals surface area contributed by atoms with Crippen LogP contribution in [0.15, 0.2) is 9.59 Å². The monoisotopic (exact) mass is 227 g/mol. The van der Waals surface area contributed by atoms with Crippen molar-refractivity contribution in [1.82, 2.24) is 14.3 Å². The predicted octanol–water partition coefficient (Wildman–Crippen LogP) is -2.24. The summed E-state index contributed by atoms with van der Waals surface area (Å²) in [6.07, 6.45) is 0. The van der Waals surface area contributed by atoms with Crippen LogP contribution in [0.2, 0.25) is 0 Å². The highest BCUT2D eigenvalue weighted by atomic mass is 16.2. The fourth-order valence-corrected chi connectivity index (χ4v) is 1.07. The summed E-state index contributed by atoms with van der Waals surface area (Å²) >= 11 is 0. The van der Waals surface area contributed by atoms with Crippen LogP contribution in [0.3, 0.4) is 0 Å². The van der Waals surface area contributed by atoms with E-state index >= 15 is 0 Å². The fraction of sp³-hybridized carbons (Fsp3) is 0.500. The zero-order chi connectivity index (χ0) is 12.5. The van der Waals surface area contributed by atoms with Gasteiger partial charge in [0.15, 0.2) is 0 Å². The van der Waals surface area contributed by atoms with Crippen molar-refractivity contribution in [3.63, 3.8) is 0 Å². The molecule has 1 unspecified atom stereocenters. The predicted molar refractivity (Wildman–Crippen MR) is 57.0 cm³/mol. The summed E-state index contributed by atoms with van der Waals surface area (Å²) in [6.45, 7) is 1.49. The Morgan fingerprint density at radius 3 is 2.50 bits per heavy atom. The van der Waals surface area contributed by atoms with E-state index in [0.29, 0.717) is 0 Å². The molecule has 0 radical (unpaired) electrons. The molecule has 1 heterocycles. The van der Waals surface area contributed by atoms with Crippen molar-refractivity contribution in [1.29, 1.82) is 0 Å². The molecule has 1 amide bonds. The van der Waals surface area contributed by atoms with Crippen LogP contribution in [-0.2, 0) is 18.9 Å². The molecule has 0 aromatic carbocycles. The summed E-state index contributed by atoms with van der Waals surface area (Å²) in [5, 5.41) is 6.25. The lowest BCUT2D eigenvalue weighted by Gasteiger charge is -2.11. The van der Waals surface area contributed by atoms with Gasteiger partial charge in [0, 0.05) is 14.1 Å². The number of aryl methyl sites for hydroxylation is 1. The van der Waals surface area contributed by atoms with E-state index in [0.717, 1.165) is 9.25 Å². The topological polar surface area (TPSA) is 112 Å². The normalized spacial score (nSPS) is 12.2. The third kappa shape index (κ3) is 2.10. The molecule has 0 aliphatic heterocycles. The van der Waals surface area contributed by atoms with Crippen LogP contribution in [0.4, 0.5) is 5.82 Å². The van der Waals surface area contributed by atoms with E-state index in [1.54, 1.807) is 0 Å². The van der Waals surface area contributed by atoms with Gasteiger partial charge in [0.25, 0.3) is 5.56 Å². The second-order valence-electron chi connectivity index (χ2n) is 3.39. The van der Waals surface area contributed by atoms with Crippen LogP contribution >= 0.6 is 0 Å². The van der Waals surface area contributed by atoms with Crippen LogP contribution in [0, 0.1) is 0 Å². The van der Waals surface area contributed by atoms with Gasteiger partial charge in [-0.2, -0.15) is 0 Å². The van der Waals surface area contributed by atoms with Crippen molar-refractivity contribution in [2.75, 3.05) is 5.32 Å². The fourth-order valence-electron chi connectivity index (χ4n) is 1.07. The van der Waals surface area contributed by atoms with E-state index in [9.17, 15) is 14.4 Å². The zero-order valence-electron chi connectivity index (χ0n) is 9.22. The molecule has 1 aromatic rings. The molecule has 8 nitrogen and oxygen atoms in total. The van der Waals surface area contributed by atoms with Crippen molar-refractivity contribution in [2.24, 2.45) is 19.8 Å². The maximum atomic E-state index is 11.6. The summed E-state index contributed by atoms with van der Waals surface area (Å²) in [5.74, 6) is -0.700. The minimum atomic E-state index is -0.738. The van der Waals surface area contributed by atoms with Crippen molar-refractivity contribution in [3.8, 4) is 0 Å². The third-order valence-corrected chi connectivity index (χ3v) is 2.10. The first-order valence-electron chi connectivity index (χ1n) is 4.54. The van der Waals surface area contributed by atoms with Crippen molar-refractivity contribution >= 4 is 11.7 Å². The number of rotatable bonds is 3. The van der Waals surface area contributed by atoms with Gasteiger partial charge in [0.2, 0.25) is 11.7 Å². The van der Waals surface area contributed by atoms with Gasteiger partial charge in [-0.3, -0.25) is 14.2 Å². The zero-order valence-corrected chi connectivity index (χ0v) is 9.22. The smallest absolute Gasteiger partial charge is 0.346 e. The molecule has 0 fully saturated rings. The number of amides is 1. The molecule has 16 heavy (non-hydrogen) atoms. The Morgan fingerprint density at radius 1 is 1.44 bits per heavy atom. The van der Waals surface area contributed by atoms with E-state index in [1.165, 1.54) is 21.0 Å². The third-order valence-electron chi connectivity index (χ3n) is 2.10. The average molecular weight is 227 g/mol. The number of nitrogens with zero attached hydrogens (tertiary/aromatic N) is 3. The molecule has 0 spiro atoms. The van der Waals surface area contributed by atoms with Gasteiger partial charge >= 0.3 is 5.69 Å². The van der Waals surface area contributed by atoms with Crippen molar-refractivity contribution in [2.45, 2.75) is 13.0 Å². The molecular formula is C8H13N5O3. The number of nitrogens with two attached hydrogens (primary N) is 1. The van der Waals surface area contributed by atoms with Crippen LogP contribution in [0.5, 0.6) is 0 Å². The van der Waals surface area contributed by atoms with E-state index in [1.807, 2.05) is 0 Å². The van der Waals surface area contributed by atoms with Gasteiger partial charge in [0.05, 0.1) is 0 Å². The Bertz CT molecular complexity index is 529. The minimum Gasteiger partial charge on any atom is -0.368 e. The lowest BCUT2D eigenvalue weighted by atomic mass is 10.3. The molecular weight excluding hydrogens is 214 g/mol. The average Bonchev–Trinajstić information content (AvgIpc) is 2.22. The number of carbonyl (C=O) groups excluding carboxylic acids is 1. The molecule has 3 N–H and O–H groups in total. The molecule has 0 aliphatic rings. The Kier molecular flexibility index (Phi) is 3.11. The summed E-state index contributed by atoms with van der Waals surface area (Å²) in [4.78, 5) is 33.7. The Hall–Kier alpha value is -2.12. The second kappa shape index (κ2) is 4.17. The Morgan fingerprint density at radius 2 is 2.00 bits per heavy atom. The Balaban J connectivity index is 3.22. The number of anilines is 1. The number of aromatic nitrogens is 3. The van der Waals surface area contributed by atoms with E-state index in [2.05, 4.69) is 10.4 Å².